The van der Waals surface area contributed by atoms with Gasteiger partial charge in [-0.05, 0) is 19.8 Å². The molecule has 0 saturated carbocycles. The first-order valence-corrected chi connectivity index (χ1v) is 5.21. The van der Waals surface area contributed by atoms with Gasteiger partial charge in [-0.1, -0.05) is 25.1 Å². The Bertz CT molecular complexity index is 238. The summed E-state index contributed by atoms with van der Waals surface area (Å²) in [6, 6.07) is 0. The number of thioether (sulfide) groups is 1. The molecule has 1 rings (SSSR count). The minimum absolute atomic E-state index is 0.464. The van der Waals surface area contributed by atoms with Gasteiger partial charge in [0.2, 0.25) is 0 Å². The van der Waals surface area contributed by atoms with Crippen molar-refractivity contribution >= 4 is 17.7 Å². The lowest BCUT2D eigenvalue weighted by atomic mass is 10.2. The SMILES string of the molecule is CCCCC1=C(C(=O)O)S[C](C)N1. The van der Waals surface area contributed by atoms with Crippen molar-refractivity contribution in [1.82, 2.24) is 5.32 Å². The first-order valence-electron chi connectivity index (χ1n) is 4.40. The highest BCUT2D eigenvalue weighted by Gasteiger charge is 2.25. The van der Waals surface area contributed by atoms with Crippen molar-refractivity contribution in [3.63, 3.8) is 0 Å². The molecule has 73 valence electrons. The van der Waals surface area contributed by atoms with Crippen LogP contribution >= 0.6 is 11.8 Å². The molecule has 2 N–H and O–H groups in total. The topological polar surface area (TPSA) is 49.3 Å². The second kappa shape index (κ2) is 4.56. The van der Waals surface area contributed by atoms with Gasteiger partial charge in [-0.3, -0.25) is 0 Å². The van der Waals surface area contributed by atoms with Crippen LogP contribution in [0.5, 0.6) is 0 Å². The fourth-order valence-corrected chi connectivity index (χ4v) is 2.06. The van der Waals surface area contributed by atoms with Crippen LogP contribution in [0.2, 0.25) is 0 Å². The first kappa shape index (κ1) is 10.4. The normalized spacial score (nSPS) is 17.7. The van der Waals surface area contributed by atoms with Gasteiger partial charge in [0.15, 0.2) is 0 Å². The number of carboxylic acid groups (broad SMARTS) is 1. The zero-order valence-electron chi connectivity index (χ0n) is 7.89. The Morgan fingerprint density at radius 2 is 2.31 bits per heavy atom. The van der Waals surface area contributed by atoms with Crippen molar-refractivity contribution in [3.05, 3.63) is 16.0 Å². The van der Waals surface area contributed by atoms with Crippen LogP contribution in [0.1, 0.15) is 33.1 Å². The lowest BCUT2D eigenvalue weighted by Gasteiger charge is -2.04. The molecule has 0 aliphatic carbocycles. The molecule has 1 heterocycles. The molecule has 0 saturated heterocycles. The van der Waals surface area contributed by atoms with E-state index >= 15 is 0 Å². The second-order valence-electron chi connectivity index (χ2n) is 3.00. The summed E-state index contributed by atoms with van der Waals surface area (Å²) in [5.41, 5.74) is 0.872. The first-order chi connectivity index (χ1) is 6.15. The third kappa shape index (κ3) is 2.66. The molecule has 0 amide bonds. The van der Waals surface area contributed by atoms with Crippen molar-refractivity contribution < 1.29 is 9.90 Å². The molecule has 3 nitrogen and oxygen atoms in total. The number of allylic oxidation sites excluding steroid dienone is 1. The lowest BCUT2D eigenvalue weighted by Crippen LogP contribution is -2.10. The highest BCUT2D eigenvalue weighted by molar-refractivity contribution is 8.06. The summed E-state index contributed by atoms with van der Waals surface area (Å²) in [7, 11) is 0. The summed E-state index contributed by atoms with van der Waals surface area (Å²) in [6.07, 6.45) is 2.96. The molecule has 0 spiro atoms. The Kier molecular flexibility index (Phi) is 3.66. The van der Waals surface area contributed by atoms with Gasteiger partial charge >= 0.3 is 5.97 Å². The third-order valence-electron chi connectivity index (χ3n) is 1.83. The van der Waals surface area contributed by atoms with E-state index in [4.69, 9.17) is 5.11 Å². The maximum Gasteiger partial charge on any atom is 0.344 e. The summed E-state index contributed by atoms with van der Waals surface area (Å²) in [6.45, 7) is 3.99. The van der Waals surface area contributed by atoms with Crippen molar-refractivity contribution in [2.24, 2.45) is 0 Å². The average molecular weight is 200 g/mol. The van der Waals surface area contributed by atoms with E-state index in [1.54, 1.807) is 0 Å². The highest BCUT2D eigenvalue weighted by Crippen LogP contribution is 2.36. The van der Waals surface area contributed by atoms with Crippen LogP contribution in [0.15, 0.2) is 10.6 Å². The number of carboxylic acids is 1. The van der Waals surface area contributed by atoms with Gasteiger partial charge in [0.25, 0.3) is 0 Å². The molecule has 0 aromatic heterocycles. The standard InChI is InChI=1S/C9H14NO2S/c1-3-4-5-7-8(9(11)12)13-6(2)10-7/h10H,3-5H2,1-2H3,(H,11,12). The number of unbranched alkanes of at least 4 members (excludes halogenated alkanes) is 1. The number of aliphatic carboxylic acids is 1. The third-order valence-corrected chi connectivity index (χ3v) is 2.86. The Balaban J connectivity index is 2.64. The van der Waals surface area contributed by atoms with Crippen molar-refractivity contribution in [3.8, 4) is 0 Å². The van der Waals surface area contributed by atoms with E-state index in [0.717, 1.165) is 30.3 Å². The summed E-state index contributed by atoms with van der Waals surface area (Å²) >= 11 is 1.32. The molecule has 0 atom stereocenters. The Morgan fingerprint density at radius 3 is 2.85 bits per heavy atom. The van der Waals surface area contributed by atoms with E-state index in [-0.39, 0.29) is 0 Å². The number of carbonyl (C=O) groups is 1. The number of hydrogen-bond acceptors (Lipinski definition) is 3. The molecule has 13 heavy (non-hydrogen) atoms. The Hall–Kier alpha value is -0.640. The zero-order valence-corrected chi connectivity index (χ0v) is 8.70. The van der Waals surface area contributed by atoms with Crippen LogP contribution < -0.4 is 5.32 Å². The maximum atomic E-state index is 10.8. The fourth-order valence-electron chi connectivity index (χ4n) is 1.21. The predicted octanol–water partition coefficient (Wildman–Crippen LogP) is 2.32. The van der Waals surface area contributed by atoms with Gasteiger partial charge in [-0.25, -0.2) is 4.79 Å². The molecule has 0 unspecified atom stereocenters. The fraction of sp³-hybridized carbons (Fsp3) is 0.556. The van der Waals surface area contributed by atoms with Crippen molar-refractivity contribution in [2.75, 3.05) is 0 Å². The molecule has 1 radical (unpaired) electrons. The monoisotopic (exact) mass is 200 g/mol. The maximum absolute atomic E-state index is 10.8. The number of rotatable bonds is 4. The highest BCUT2D eigenvalue weighted by atomic mass is 32.2. The molecule has 1 aliphatic rings. The second-order valence-corrected chi connectivity index (χ2v) is 4.22. The van der Waals surface area contributed by atoms with Crippen LogP contribution in [-0.4, -0.2) is 11.1 Å². The summed E-state index contributed by atoms with van der Waals surface area (Å²) in [5, 5.41) is 12.9. The minimum Gasteiger partial charge on any atom is -0.477 e. The van der Waals surface area contributed by atoms with Gasteiger partial charge in [-0.15, -0.1) is 0 Å². The molecular formula is C9H14NO2S. The van der Waals surface area contributed by atoms with E-state index in [9.17, 15) is 4.79 Å². The Labute approximate surface area is 82.6 Å². The van der Waals surface area contributed by atoms with Crippen LogP contribution in [0.4, 0.5) is 0 Å². The van der Waals surface area contributed by atoms with E-state index in [1.807, 2.05) is 6.92 Å². The van der Waals surface area contributed by atoms with Gasteiger partial charge < -0.3 is 10.4 Å². The smallest absolute Gasteiger partial charge is 0.344 e. The van der Waals surface area contributed by atoms with Crippen molar-refractivity contribution in [1.29, 1.82) is 0 Å². The molecular weight excluding hydrogens is 186 g/mol. The average Bonchev–Trinajstić information content (AvgIpc) is 2.43. The zero-order chi connectivity index (χ0) is 9.84. The lowest BCUT2D eigenvalue weighted by molar-refractivity contribution is -0.131. The summed E-state index contributed by atoms with van der Waals surface area (Å²) in [4.78, 5) is 11.3. The number of nitrogens with one attached hydrogen (secondary N) is 1. The molecule has 4 heteroatoms. The van der Waals surface area contributed by atoms with Gasteiger partial charge in [-0.2, -0.15) is 0 Å². The van der Waals surface area contributed by atoms with Crippen LogP contribution in [0, 0.1) is 5.37 Å². The van der Waals surface area contributed by atoms with Crippen LogP contribution in [0.3, 0.4) is 0 Å². The molecule has 0 aromatic carbocycles. The number of hydrogen-bond donors (Lipinski definition) is 2. The van der Waals surface area contributed by atoms with Gasteiger partial charge in [0, 0.05) is 5.70 Å². The van der Waals surface area contributed by atoms with Gasteiger partial charge in [0.1, 0.15) is 10.3 Å². The molecule has 0 aromatic rings. The largest absolute Gasteiger partial charge is 0.477 e. The minimum atomic E-state index is -0.819. The van der Waals surface area contributed by atoms with Crippen molar-refractivity contribution in [2.45, 2.75) is 33.1 Å². The quantitative estimate of drug-likeness (QED) is 0.731. The predicted molar refractivity (Wildman–Crippen MR) is 53.8 cm³/mol. The summed E-state index contributed by atoms with van der Waals surface area (Å²) in [5.74, 6) is -0.819. The van der Waals surface area contributed by atoms with Crippen LogP contribution in [0.25, 0.3) is 0 Å². The Morgan fingerprint density at radius 1 is 1.62 bits per heavy atom. The van der Waals surface area contributed by atoms with Gasteiger partial charge in [0.05, 0.1) is 0 Å². The molecule has 0 fully saturated rings. The van der Waals surface area contributed by atoms with E-state index < -0.39 is 5.97 Å². The van der Waals surface area contributed by atoms with E-state index in [0.29, 0.717) is 4.91 Å². The van der Waals surface area contributed by atoms with E-state index in [2.05, 4.69) is 12.2 Å². The molecule has 0 bridgehead atoms. The van der Waals surface area contributed by atoms with Crippen LogP contribution in [-0.2, 0) is 4.79 Å². The van der Waals surface area contributed by atoms with E-state index in [1.165, 1.54) is 11.8 Å². The summed E-state index contributed by atoms with van der Waals surface area (Å²) < 4.78 is 0. The molecule has 1 aliphatic heterocycles.